The Balaban J connectivity index is 4.50. The van der Waals surface area contributed by atoms with Gasteiger partial charge in [0.1, 0.15) is 8.24 Å². The van der Waals surface area contributed by atoms with Crippen LogP contribution in [0.3, 0.4) is 0 Å². The first-order valence-electron chi connectivity index (χ1n) is 5.77. The lowest BCUT2D eigenvalue weighted by Gasteiger charge is -2.39. The van der Waals surface area contributed by atoms with Gasteiger partial charge in [-0.2, -0.15) is 0 Å². The van der Waals surface area contributed by atoms with Crippen molar-refractivity contribution in [3.05, 3.63) is 0 Å². The fraction of sp³-hybridized carbons (Fsp3) is 1.00. The van der Waals surface area contributed by atoms with Crippen molar-refractivity contribution in [3.63, 3.8) is 0 Å². The van der Waals surface area contributed by atoms with E-state index in [1.54, 1.807) is 0 Å². The molecule has 0 saturated carbocycles. The summed E-state index contributed by atoms with van der Waals surface area (Å²) < 4.78 is 0. The molecule has 0 spiro atoms. The minimum atomic E-state index is -1.21. The van der Waals surface area contributed by atoms with Gasteiger partial charge in [0.25, 0.3) is 0 Å². The molecule has 1 N–H and O–H groups in total. The van der Waals surface area contributed by atoms with E-state index in [1.807, 2.05) is 0 Å². The Hall–Kier alpha value is 0.177. The molecule has 0 fully saturated rings. The molecular formula is C11H27NSi. The standard InChI is InChI=1S/C11H27NSi/c1-7-10(4)13(6,12-9-3)11(5)8-2/h10-12H,7-9H2,1-6H3. The van der Waals surface area contributed by atoms with E-state index in [1.165, 1.54) is 12.8 Å². The van der Waals surface area contributed by atoms with Crippen LogP contribution in [0.15, 0.2) is 0 Å². The van der Waals surface area contributed by atoms with Crippen LogP contribution in [0.5, 0.6) is 0 Å². The van der Waals surface area contributed by atoms with Crippen LogP contribution in [-0.2, 0) is 0 Å². The fourth-order valence-corrected chi connectivity index (χ4v) is 6.19. The zero-order valence-corrected chi connectivity index (χ0v) is 11.3. The van der Waals surface area contributed by atoms with Crippen LogP contribution in [-0.4, -0.2) is 14.8 Å². The fourth-order valence-electron chi connectivity index (χ4n) is 2.06. The van der Waals surface area contributed by atoms with Gasteiger partial charge in [-0.3, -0.25) is 0 Å². The third-order valence-corrected chi connectivity index (χ3v) is 9.86. The Morgan fingerprint density at radius 2 is 1.38 bits per heavy atom. The molecule has 0 amide bonds. The first-order valence-corrected chi connectivity index (χ1v) is 8.43. The zero-order chi connectivity index (χ0) is 10.5. The largest absolute Gasteiger partial charge is 0.337 e. The Morgan fingerprint density at radius 3 is 1.62 bits per heavy atom. The van der Waals surface area contributed by atoms with E-state index in [-0.39, 0.29) is 0 Å². The van der Waals surface area contributed by atoms with Crippen molar-refractivity contribution < 1.29 is 0 Å². The summed E-state index contributed by atoms with van der Waals surface area (Å²) in [6, 6.07) is 0. The lowest BCUT2D eigenvalue weighted by molar-refractivity contribution is 0.713. The van der Waals surface area contributed by atoms with E-state index in [0.29, 0.717) is 0 Å². The molecule has 0 aromatic heterocycles. The van der Waals surface area contributed by atoms with Gasteiger partial charge in [-0.25, -0.2) is 0 Å². The van der Waals surface area contributed by atoms with Gasteiger partial charge in [0.15, 0.2) is 0 Å². The van der Waals surface area contributed by atoms with Crippen LogP contribution in [0.2, 0.25) is 17.6 Å². The van der Waals surface area contributed by atoms with Gasteiger partial charge in [-0.1, -0.05) is 54.0 Å². The number of hydrogen-bond acceptors (Lipinski definition) is 1. The number of nitrogens with one attached hydrogen (secondary N) is 1. The highest BCUT2D eigenvalue weighted by atomic mass is 28.3. The molecule has 0 aliphatic heterocycles. The van der Waals surface area contributed by atoms with Crippen LogP contribution in [0.1, 0.15) is 47.5 Å². The Bertz CT molecular complexity index is 126. The van der Waals surface area contributed by atoms with Gasteiger partial charge in [0.05, 0.1) is 0 Å². The highest BCUT2D eigenvalue weighted by molar-refractivity contribution is 6.78. The maximum Gasteiger partial charge on any atom is 0.128 e. The van der Waals surface area contributed by atoms with Crippen LogP contribution < -0.4 is 4.98 Å². The first-order chi connectivity index (χ1) is 6.02. The molecule has 0 heterocycles. The van der Waals surface area contributed by atoms with E-state index in [2.05, 4.69) is 46.1 Å². The Labute approximate surface area is 85.4 Å². The van der Waals surface area contributed by atoms with Crippen LogP contribution in [0, 0.1) is 0 Å². The van der Waals surface area contributed by atoms with E-state index < -0.39 is 8.24 Å². The van der Waals surface area contributed by atoms with Gasteiger partial charge in [0.2, 0.25) is 0 Å². The summed E-state index contributed by atoms with van der Waals surface area (Å²) in [5.74, 6) is 0. The molecule has 0 bridgehead atoms. The minimum absolute atomic E-state index is 0.891. The molecule has 0 aliphatic rings. The molecule has 0 rings (SSSR count). The minimum Gasteiger partial charge on any atom is -0.337 e. The number of rotatable bonds is 6. The van der Waals surface area contributed by atoms with Crippen molar-refractivity contribution in [3.8, 4) is 0 Å². The molecule has 2 atom stereocenters. The maximum absolute atomic E-state index is 3.80. The summed E-state index contributed by atoms with van der Waals surface area (Å²) in [6.45, 7) is 15.3. The monoisotopic (exact) mass is 201 g/mol. The van der Waals surface area contributed by atoms with Crippen LogP contribution in [0.4, 0.5) is 0 Å². The van der Waals surface area contributed by atoms with Crippen LogP contribution in [0.25, 0.3) is 0 Å². The second kappa shape index (κ2) is 5.81. The summed E-state index contributed by atoms with van der Waals surface area (Å²) in [7, 11) is -1.21. The molecule has 2 heteroatoms. The molecule has 80 valence electrons. The van der Waals surface area contributed by atoms with E-state index in [9.17, 15) is 0 Å². The van der Waals surface area contributed by atoms with Crippen molar-refractivity contribution in [1.82, 2.24) is 4.98 Å². The maximum atomic E-state index is 3.80. The molecule has 0 aliphatic carbocycles. The summed E-state index contributed by atoms with van der Waals surface area (Å²) in [5.41, 5.74) is 1.78. The van der Waals surface area contributed by atoms with Crippen molar-refractivity contribution in [2.45, 2.75) is 65.1 Å². The third kappa shape index (κ3) is 3.10. The van der Waals surface area contributed by atoms with E-state index >= 15 is 0 Å². The SMILES string of the molecule is CCN[Si](C)(C(C)CC)C(C)CC. The van der Waals surface area contributed by atoms with Crippen LogP contribution >= 0.6 is 0 Å². The van der Waals surface area contributed by atoms with Gasteiger partial charge < -0.3 is 4.98 Å². The summed E-state index contributed by atoms with van der Waals surface area (Å²) >= 11 is 0. The first kappa shape index (κ1) is 13.2. The van der Waals surface area contributed by atoms with E-state index in [4.69, 9.17) is 0 Å². The average molecular weight is 201 g/mol. The highest BCUT2D eigenvalue weighted by Gasteiger charge is 2.36. The predicted octanol–water partition coefficient (Wildman–Crippen LogP) is 3.77. The molecule has 0 saturated heterocycles. The number of hydrogen-bond donors (Lipinski definition) is 1. The molecule has 2 unspecified atom stereocenters. The summed E-state index contributed by atoms with van der Waals surface area (Å²) in [4.78, 5) is 3.80. The van der Waals surface area contributed by atoms with Gasteiger partial charge in [0, 0.05) is 0 Å². The van der Waals surface area contributed by atoms with Gasteiger partial charge in [-0.15, -0.1) is 0 Å². The van der Waals surface area contributed by atoms with Gasteiger partial charge in [-0.05, 0) is 17.6 Å². The Morgan fingerprint density at radius 1 is 1.00 bits per heavy atom. The molecule has 0 aromatic carbocycles. The van der Waals surface area contributed by atoms with Crippen molar-refractivity contribution in [2.24, 2.45) is 0 Å². The summed E-state index contributed by atoms with van der Waals surface area (Å²) in [5, 5.41) is 0. The Kier molecular flexibility index (Phi) is 5.89. The lowest BCUT2D eigenvalue weighted by Crippen LogP contribution is -2.53. The third-order valence-electron chi connectivity index (χ3n) is 3.83. The molecule has 0 aromatic rings. The lowest BCUT2D eigenvalue weighted by atomic mass is 10.3. The molecular weight excluding hydrogens is 174 g/mol. The molecule has 0 radical (unpaired) electrons. The summed E-state index contributed by atoms with van der Waals surface area (Å²) in [6.07, 6.45) is 2.64. The second-order valence-corrected chi connectivity index (χ2v) is 9.32. The van der Waals surface area contributed by atoms with E-state index in [0.717, 1.165) is 17.6 Å². The topological polar surface area (TPSA) is 12.0 Å². The average Bonchev–Trinajstić information content (AvgIpc) is 2.15. The highest BCUT2D eigenvalue weighted by Crippen LogP contribution is 2.34. The normalized spacial score (nSPS) is 20.8. The van der Waals surface area contributed by atoms with Crippen molar-refractivity contribution in [2.75, 3.05) is 6.54 Å². The van der Waals surface area contributed by atoms with Gasteiger partial charge >= 0.3 is 0 Å². The molecule has 13 heavy (non-hydrogen) atoms. The second-order valence-electron chi connectivity index (χ2n) is 4.43. The quantitative estimate of drug-likeness (QED) is 0.645. The molecule has 1 nitrogen and oxygen atoms in total. The zero-order valence-electron chi connectivity index (χ0n) is 10.3. The predicted molar refractivity (Wildman–Crippen MR) is 64.7 cm³/mol. The smallest absolute Gasteiger partial charge is 0.128 e. The van der Waals surface area contributed by atoms with Crippen molar-refractivity contribution in [1.29, 1.82) is 0 Å². The van der Waals surface area contributed by atoms with Crippen molar-refractivity contribution >= 4 is 8.24 Å².